The van der Waals surface area contributed by atoms with E-state index in [1.54, 1.807) is 94.0 Å². The van der Waals surface area contributed by atoms with Crippen molar-refractivity contribution in [2.45, 2.75) is 94.9 Å². The normalized spacial score (nSPS) is 11.7. The Balaban J connectivity index is 0.000000315. The Hall–Kier alpha value is -5.51. The molecule has 4 rings (SSSR count). The van der Waals surface area contributed by atoms with Gasteiger partial charge in [0.05, 0.1) is 26.4 Å². The summed E-state index contributed by atoms with van der Waals surface area (Å²) in [6.45, 7) is 22.8. The van der Waals surface area contributed by atoms with Gasteiger partial charge in [0.15, 0.2) is 11.4 Å². The molecule has 0 bridgehead atoms. The molecule has 4 aromatic rings. The molecule has 4 aromatic heterocycles. The van der Waals surface area contributed by atoms with E-state index < -0.39 is 41.0 Å². The summed E-state index contributed by atoms with van der Waals surface area (Å²) in [4.78, 5) is 70.1. The van der Waals surface area contributed by atoms with Gasteiger partial charge in [-0.1, -0.05) is 27.7 Å². The molecule has 3 N–H and O–H groups in total. The van der Waals surface area contributed by atoms with Gasteiger partial charge < -0.3 is 43.9 Å². The Bertz CT molecular complexity index is 2060. The Morgan fingerprint density at radius 1 is 0.614 bits per heavy atom. The lowest BCUT2D eigenvalue weighted by Crippen LogP contribution is -2.40. The molecular weight excluding hydrogens is 736 g/mol. The largest absolute Gasteiger partial charge is 0.461 e. The second-order valence-corrected chi connectivity index (χ2v) is 15.7. The Morgan fingerprint density at radius 2 is 1.00 bits per heavy atom. The summed E-state index contributed by atoms with van der Waals surface area (Å²) in [7, 11) is 0. The zero-order chi connectivity index (χ0) is 42.7. The molecule has 0 aliphatic carbocycles. The van der Waals surface area contributed by atoms with E-state index in [4.69, 9.17) is 29.4 Å². The Labute approximate surface area is 333 Å². The zero-order valence-corrected chi connectivity index (χ0v) is 35.1. The number of carbonyl (C=O) groups excluding carboxylic acids is 5. The highest BCUT2D eigenvalue weighted by Crippen LogP contribution is 2.27. The summed E-state index contributed by atoms with van der Waals surface area (Å²) in [5, 5.41) is 4.22. The van der Waals surface area contributed by atoms with E-state index in [2.05, 4.69) is 15.3 Å². The third kappa shape index (κ3) is 12.8. The van der Waals surface area contributed by atoms with Crippen LogP contribution in [0.5, 0.6) is 0 Å². The van der Waals surface area contributed by atoms with Crippen LogP contribution in [0.4, 0.5) is 4.79 Å². The molecule has 0 aromatic carbocycles. The van der Waals surface area contributed by atoms with Gasteiger partial charge in [-0.2, -0.15) is 0 Å². The number of nitrogens with zero attached hydrogens (tertiary/aromatic N) is 4. The summed E-state index contributed by atoms with van der Waals surface area (Å²) in [6, 6.07) is 10.0. The van der Waals surface area contributed by atoms with Gasteiger partial charge in [0.1, 0.15) is 28.3 Å². The summed E-state index contributed by atoms with van der Waals surface area (Å²) >= 11 is 0. The molecule has 312 valence electrons. The molecule has 0 aliphatic heterocycles. The molecule has 0 saturated carbocycles. The van der Waals surface area contributed by atoms with Crippen LogP contribution >= 0.6 is 0 Å². The van der Waals surface area contributed by atoms with Crippen molar-refractivity contribution in [3.05, 3.63) is 59.2 Å². The second kappa shape index (κ2) is 19.6. The van der Waals surface area contributed by atoms with Crippen LogP contribution in [0.25, 0.3) is 22.1 Å². The molecule has 0 atom stereocenters. The number of carbonyl (C=O) groups is 5. The molecule has 4 heterocycles. The fourth-order valence-corrected chi connectivity index (χ4v) is 5.56. The number of rotatable bonds is 15. The highest BCUT2D eigenvalue weighted by Gasteiger charge is 2.28. The van der Waals surface area contributed by atoms with Crippen molar-refractivity contribution in [2.24, 2.45) is 16.6 Å². The average molecular weight is 795 g/mol. The maximum absolute atomic E-state index is 12.6. The molecule has 0 fully saturated rings. The smallest absolute Gasteiger partial charge is 0.407 e. The minimum atomic E-state index is -0.602. The minimum Gasteiger partial charge on any atom is -0.461 e. The van der Waals surface area contributed by atoms with E-state index in [0.717, 1.165) is 5.39 Å². The highest BCUT2D eigenvalue weighted by atomic mass is 16.6. The van der Waals surface area contributed by atoms with Crippen molar-refractivity contribution < 1.29 is 47.7 Å². The second-order valence-electron chi connectivity index (χ2n) is 15.7. The lowest BCUT2D eigenvalue weighted by atomic mass is 9.93. The van der Waals surface area contributed by atoms with Gasteiger partial charge in [-0.05, 0) is 96.8 Å². The third-order valence-corrected chi connectivity index (χ3v) is 8.26. The van der Waals surface area contributed by atoms with E-state index in [-0.39, 0.29) is 43.2 Å². The standard InChI is InChI=1S/C23H33N3O6.C18H25N3O4/c1-8-30-19(27)16-11-10-15-12-17(20(28)31-9-2)26(18(15)25-16)14-23(6,7)13-24-21(29)32-22(3,4)5;1-5-24-16(22)13-8-7-12-9-14(17(23)25-6-2)21(15(12)20-13)11-18(3,4)10-19/h10-12H,8-9,13-14H2,1-7H3,(H,24,29);7-9H,5-6,10-11,19H2,1-4H3. The van der Waals surface area contributed by atoms with Gasteiger partial charge in [0.2, 0.25) is 0 Å². The molecule has 0 spiro atoms. The van der Waals surface area contributed by atoms with Crippen LogP contribution < -0.4 is 11.1 Å². The lowest BCUT2D eigenvalue weighted by molar-refractivity contribution is 0.0483. The van der Waals surface area contributed by atoms with E-state index in [1.165, 1.54) is 0 Å². The van der Waals surface area contributed by atoms with Crippen molar-refractivity contribution in [3.8, 4) is 0 Å². The molecule has 16 nitrogen and oxygen atoms in total. The number of nitrogens with one attached hydrogen (secondary N) is 1. The van der Waals surface area contributed by atoms with Gasteiger partial charge in [-0.3, -0.25) is 0 Å². The first-order valence-electron chi connectivity index (χ1n) is 19.1. The molecule has 1 amide bonds. The molecule has 0 unspecified atom stereocenters. The summed E-state index contributed by atoms with van der Waals surface area (Å²) in [5.74, 6) is -1.94. The molecule has 0 aliphatic rings. The highest BCUT2D eigenvalue weighted by molar-refractivity contribution is 5.97. The van der Waals surface area contributed by atoms with Crippen molar-refractivity contribution in [1.82, 2.24) is 24.4 Å². The number of hydrogen-bond donors (Lipinski definition) is 2. The first-order chi connectivity index (χ1) is 26.7. The summed E-state index contributed by atoms with van der Waals surface area (Å²) in [6.07, 6.45) is -0.517. The minimum absolute atomic E-state index is 0.152. The predicted molar refractivity (Wildman–Crippen MR) is 214 cm³/mol. The molecule has 16 heteroatoms. The number of aromatic nitrogens is 4. The number of pyridine rings is 2. The van der Waals surface area contributed by atoms with E-state index in [1.807, 2.05) is 27.7 Å². The number of esters is 4. The third-order valence-electron chi connectivity index (χ3n) is 8.26. The zero-order valence-electron chi connectivity index (χ0n) is 35.1. The maximum Gasteiger partial charge on any atom is 0.407 e. The molecule has 0 saturated heterocycles. The van der Waals surface area contributed by atoms with Crippen LogP contribution in [0.3, 0.4) is 0 Å². The fraction of sp³-hybridized carbons (Fsp3) is 0.537. The molecule has 57 heavy (non-hydrogen) atoms. The Morgan fingerprint density at radius 3 is 1.37 bits per heavy atom. The van der Waals surface area contributed by atoms with Crippen LogP contribution in [-0.4, -0.2) is 94.2 Å². The van der Waals surface area contributed by atoms with Crippen molar-refractivity contribution in [3.63, 3.8) is 0 Å². The number of hydrogen-bond acceptors (Lipinski definition) is 13. The van der Waals surface area contributed by atoms with Gasteiger partial charge >= 0.3 is 30.0 Å². The van der Waals surface area contributed by atoms with Crippen molar-refractivity contribution in [2.75, 3.05) is 39.5 Å². The van der Waals surface area contributed by atoms with E-state index in [9.17, 15) is 24.0 Å². The quantitative estimate of drug-likeness (QED) is 0.100. The number of ether oxygens (including phenoxy) is 5. The van der Waals surface area contributed by atoms with Crippen LogP contribution in [0.2, 0.25) is 0 Å². The maximum atomic E-state index is 12.6. The van der Waals surface area contributed by atoms with Crippen molar-refractivity contribution >= 4 is 52.0 Å². The lowest BCUT2D eigenvalue weighted by Gasteiger charge is -2.28. The van der Waals surface area contributed by atoms with Gasteiger partial charge in [-0.25, -0.2) is 33.9 Å². The van der Waals surface area contributed by atoms with E-state index in [0.29, 0.717) is 54.2 Å². The van der Waals surface area contributed by atoms with Crippen molar-refractivity contribution in [1.29, 1.82) is 0 Å². The number of fused-ring (bicyclic) bond motifs is 2. The molecular formula is C41H58N6O10. The monoisotopic (exact) mass is 794 g/mol. The van der Waals surface area contributed by atoms with Gasteiger partial charge in [-0.15, -0.1) is 0 Å². The van der Waals surface area contributed by atoms with Crippen LogP contribution in [0.1, 0.15) is 118 Å². The first kappa shape index (κ1) is 45.9. The summed E-state index contributed by atoms with van der Waals surface area (Å²) in [5.41, 5.74) is 6.58. The number of amides is 1. The topological polar surface area (TPSA) is 205 Å². The van der Waals surface area contributed by atoms with Crippen LogP contribution in [0.15, 0.2) is 36.4 Å². The number of alkyl carbamates (subject to hydrolysis) is 1. The summed E-state index contributed by atoms with van der Waals surface area (Å²) < 4.78 is 29.2. The average Bonchev–Trinajstić information content (AvgIpc) is 3.67. The molecule has 0 radical (unpaired) electrons. The Kier molecular flexibility index (Phi) is 15.8. The SMILES string of the molecule is CCOC(=O)c1ccc2cc(C(=O)OCC)n(CC(C)(C)CN)c2n1.CCOC(=O)c1ccc2cc(C(=O)OCC)n(CC(C)(C)CNC(=O)OC(C)(C)C)c2n1. The predicted octanol–water partition coefficient (Wildman–Crippen LogP) is 6.32. The van der Waals surface area contributed by atoms with Gasteiger partial charge in [0.25, 0.3) is 0 Å². The fourth-order valence-electron chi connectivity index (χ4n) is 5.56. The van der Waals surface area contributed by atoms with Gasteiger partial charge in [0, 0.05) is 35.8 Å². The van der Waals surface area contributed by atoms with E-state index >= 15 is 0 Å². The van der Waals surface area contributed by atoms with Crippen LogP contribution in [-0.2, 0) is 36.8 Å². The van der Waals surface area contributed by atoms with Crippen LogP contribution in [0, 0.1) is 10.8 Å². The first-order valence-corrected chi connectivity index (χ1v) is 19.1. The number of nitrogens with two attached hydrogens (primary N) is 1.